The van der Waals surface area contributed by atoms with Gasteiger partial charge in [-0.2, -0.15) is 0 Å². The van der Waals surface area contributed by atoms with Crippen molar-refractivity contribution < 1.29 is 33.0 Å². The molecule has 30 heavy (non-hydrogen) atoms. The van der Waals surface area contributed by atoms with E-state index in [1.165, 1.54) is 6.26 Å². The van der Waals surface area contributed by atoms with Crippen LogP contribution in [-0.2, 0) is 19.1 Å². The lowest BCUT2D eigenvalue weighted by molar-refractivity contribution is -0.145. The van der Waals surface area contributed by atoms with Gasteiger partial charge in [-0.3, -0.25) is 0 Å². The number of hydrogen-bond acceptors (Lipinski definition) is 7. The second-order valence-electron chi connectivity index (χ2n) is 6.06. The highest BCUT2D eigenvalue weighted by Gasteiger charge is 2.35. The van der Waals surface area contributed by atoms with E-state index in [4.69, 9.17) is 30.2 Å². The zero-order valence-electron chi connectivity index (χ0n) is 16.0. The zero-order valence-corrected chi connectivity index (χ0v) is 16.7. The number of ether oxygens (including phenoxy) is 3. The minimum Gasteiger partial charge on any atom is -0.482 e. The molecule has 2 aromatic rings. The lowest BCUT2D eigenvalue weighted by Gasteiger charge is -2.27. The Labute approximate surface area is 176 Å². The maximum atomic E-state index is 12.5. The monoisotopic (exact) mass is 434 g/mol. The van der Waals surface area contributed by atoms with Crippen LogP contribution in [-0.4, -0.2) is 37.8 Å². The molecular formula is C20H19ClN2O7. The number of carbonyl (C=O) groups excluding carboxylic acids is 3. The number of furan rings is 1. The van der Waals surface area contributed by atoms with Crippen molar-refractivity contribution in [2.45, 2.75) is 13.0 Å². The van der Waals surface area contributed by atoms with Crippen molar-refractivity contribution in [3.05, 3.63) is 64.7 Å². The minimum atomic E-state index is -0.883. The molecule has 1 aromatic carbocycles. The number of carbonyl (C=O) groups is 3. The van der Waals surface area contributed by atoms with Crippen LogP contribution in [0, 0.1) is 0 Å². The molecule has 2 N–H and O–H groups in total. The molecule has 0 saturated carbocycles. The van der Waals surface area contributed by atoms with Crippen LogP contribution in [0.3, 0.4) is 0 Å². The largest absolute Gasteiger partial charge is 0.482 e. The molecule has 1 aromatic heterocycles. The fourth-order valence-corrected chi connectivity index (χ4v) is 2.84. The van der Waals surface area contributed by atoms with Crippen LogP contribution >= 0.6 is 11.6 Å². The number of nitrogens with one attached hydrogen (secondary N) is 2. The molecule has 0 saturated heterocycles. The van der Waals surface area contributed by atoms with E-state index in [0.29, 0.717) is 16.5 Å². The molecule has 0 bridgehead atoms. The number of rotatable bonds is 8. The van der Waals surface area contributed by atoms with Gasteiger partial charge >= 0.3 is 18.0 Å². The van der Waals surface area contributed by atoms with Crippen molar-refractivity contribution in [3.8, 4) is 5.75 Å². The zero-order chi connectivity index (χ0) is 21.5. The van der Waals surface area contributed by atoms with Gasteiger partial charge in [0.1, 0.15) is 24.2 Å². The van der Waals surface area contributed by atoms with Crippen LogP contribution in [0.5, 0.6) is 5.75 Å². The fourth-order valence-electron chi connectivity index (χ4n) is 2.72. The summed E-state index contributed by atoms with van der Waals surface area (Å²) in [7, 11) is 0. The van der Waals surface area contributed by atoms with Gasteiger partial charge in [-0.05, 0) is 43.3 Å². The Morgan fingerprint density at radius 2 is 1.93 bits per heavy atom. The van der Waals surface area contributed by atoms with E-state index in [-0.39, 0.29) is 31.1 Å². The quantitative estimate of drug-likeness (QED) is 0.613. The summed E-state index contributed by atoms with van der Waals surface area (Å²) in [6.07, 6.45) is 1.42. The number of urea groups is 1. The van der Waals surface area contributed by atoms with Gasteiger partial charge in [-0.1, -0.05) is 11.6 Å². The Bertz CT molecular complexity index is 939. The van der Waals surface area contributed by atoms with Crippen molar-refractivity contribution in [2.75, 3.05) is 19.8 Å². The molecule has 0 spiro atoms. The van der Waals surface area contributed by atoms with Gasteiger partial charge in [-0.25, -0.2) is 14.4 Å². The molecule has 0 radical (unpaired) electrons. The third-order valence-electron chi connectivity index (χ3n) is 4.02. The van der Waals surface area contributed by atoms with E-state index in [9.17, 15) is 14.4 Å². The third-order valence-corrected chi connectivity index (χ3v) is 4.28. The summed E-state index contributed by atoms with van der Waals surface area (Å²) in [4.78, 5) is 36.6. The van der Waals surface area contributed by atoms with E-state index in [2.05, 4.69) is 10.6 Å². The van der Waals surface area contributed by atoms with E-state index in [0.717, 1.165) is 0 Å². The smallest absolute Gasteiger partial charge is 0.344 e. The lowest BCUT2D eigenvalue weighted by Crippen LogP contribution is -2.47. The summed E-state index contributed by atoms with van der Waals surface area (Å²) in [5.74, 6) is -0.587. The molecule has 9 nitrogen and oxygen atoms in total. The highest BCUT2D eigenvalue weighted by molar-refractivity contribution is 6.30. The number of hydrogen-bond donors (Lipinski definition) is 2. The van der Waals surface area contributed by atoms with Crippen LogP contribution in [0.4, 0.5) is 4.79 Å². The summed E-state index contributed by atoms with van der Waals surface area (Å²) in [5.41, 5.74) is 0.177. The van der Waals surface area contributed by atoms with Crippen molar-refractivity contribution >= 4 is 29.6 Å². The van der Waals surface area contributed by atoms with Crippen LogP contribution in [0.15, 0.2) is 58.3 Å². The van der Waals surface area contributed by atoms with Crippen LogP contribution in [0.25, 0.3) is 0 Å². The Kier molecular flexibility index (Phi) is 6.97. The van der Waals surface area contributed by atoms with E-state index in [1.807, 2.05) is 0 Å². The number of esters is 2. The molecule has 1 atom stereocenters. The van der Waals surface area contributed by atoms with Crippen molar-refractivity contribution in [2.24, 2.45) is 0 Å². The SMILES string of the molecule is CCOC(=O)C1=C(COC(=O)COc2ccc(Cl)cc2)NC(=O)NC1c1ccco1. The molecule has 3 rings (SSSR count). The van der Waals surface area contributed by atoms with Crippen molar-refractivity contribution in [1.82, 2.24) is 10.6 Å². The van der Waals surface area contributed by atoms with Gasteiger partial charge in [0.25, 0.3) is 0 Å². The third kappa shape index (κ3) is 5.32. The normalized spacial score (nSPS) is 15.8. The number of benzene rings is 1. The highest BCUT2D eigenvalue weighted by atomic mass is 35.5. The lowest BCUT2D eigenvalue weighted by atomic mass is 10.0. The van der Waals surface area contributed by atoms with Crippen LogP contribution < -0.4 is 15.4 Å². The van der Waals surface area contributed by atoms with Crippen LogP contribution in [0.1, 0.15) is 18.7 Å². The first kappa shape index (κ1) is 21.3. The molecule has 2 amide bonds. The molecule has 1 aliphatic heterocycles. The van der Waals surface area contributed by atoms with Gasteiger partial charge in [0.05, 0.1) is 24.1 Å². The summed E-state index contributed by atoms with van der Waals surface area (Å²) in [6.45, 7) is 1.06. The first-order valence-corrected chi connectivity index (χ1v) is 9.40. The molecule has 0 aliphatic carbocycles. The molecular weight excluding hydrogens is 416 g/mol. The molecule has 158 valence electrons. The number of amides is 2. The average Bonchev–Trinajstić information content (AvgIpc) is 3.26. The predicted molar refractivity (Wildman–Crippen MR) is 105 cm³/mol. The van der Waals surface area contributed by atoms with Gasteiger partial charge in [0.2, 0.25) is 0 Å². The Balaban J connectivity index is 1.71. The topological polar surface area (TPSA) is 116 Å². The molecule has 1 aliphatic rings. The summed E-state index contributed by atoms with van der Waals surface area (Å²) >= 11 is 5.80. The molecule has 10 heteroatoms. The first-order valence-electron chi connectivity index (χ1n) is 9.03. The van der Waals surface area contributed by atoms with Crippen molar-refractivity contribution in [3.63, 3.8) is 0 Å². The maximum absolute atomic E-state index is 12.5. The van der Waals surface area contributed by atoms with Gasteiger partial charge in [-0.15, -0.1) is 0 Å². The molecule has 1 unspecified atom stereocenters. The average molecular weight is 435 g/mol. The summed E-state index contributed by atoms with van der Waals surface area (Å²) < 4.78 is 20.9. The van der Waals surface area contributed by atoms with Gasteiger partial charge in [0, 0.05) is 5.02 Å². The maximum Gasteiger partial charge on any atom is 0.344 e. The summed E-state index contributed by atoms with van der Waals surface area (Å²) in [6, 6.07) is 8.24. The standard InChI is InChI=1S/C20H19ClN2O7/c1-2-27-19(25)17-14(22-20(26)23-18(17)15-4-3-9-28-15)10-30-16(24)11-29-13-7-5-12(21)6-8-13/h3-9,18H,2,10-11H2,1H3,(H2,22,23,26). The van der Waals surface area contributed by atoms with E-state index < -0.39 is 24.0 Å². The Hall–Kier alpha value is -3.46. The van der Waals surface area contributed by atoms with E-state index in [1.54, 1.807) is 43.3 Å². The predicted octanol–water partition coefficient (Wildman–Crippen LogP) is 2.73. The Morgan fingerprint density at radius 3 is 2.60 bits per heavy atom. The minimum absolute atomic E-state index is 0.0813. The highest BCUT2D eigenvalue weighted by Crippen LogP contribution is 2.28. The molecule has 0 fully saturated rings. The second-order valence-corrected chi connectivity index (χ2v) is 6.50. The fraction of sp³-hybridized carbons (Fsp3) is 0.250. The van der Waals surface area contributed by atoms with Crippen LogP contribution in [0.2, 0.25) is 5.02 Å². The van der Waals surface area contributed by atoms with Gasteiger partial charge in [0.15, 0.2) is 6.61 Å². The van der Waals surface area contributed by atoms with Crippen molar-refractivity contribution in [1.29, 1.82) is 0 Å². The van der Waals surface area contributed by atoms with Gasteiger partial charge < -0.3 is 29.3 Å². The van der Waals surface area contributed by atoms with E-state index >= 15 is 0 Å². The first-order chi connectivity index (χ1) is 14.5. The number of halogens is 1. The summed E-state index contributed by atoms with van der Waals surface area (Å²) in [5, 5.41) is 5.62. The molecule has 2 heterocycles. The Morgan fingerprint density at radius 1 is 1.17 bits per heavy atom. The second kappa shape index (κ2) is 9.84.